The number of anilines is 1. The summed E-state index contributed by atoms with van der Waals surface area (Å²) in [6.45, 7) is -0.123. The van der Waals surface area contributed by atoms with E-state index in [0.29, 0.717) is 0 Å². The van der Waals surface area contributed by atoms with Crippen LogP contribution in [-0.4, -0.2) is 40.2 Å². The van der Waals surface area contributed by atoms with E-state index in [4.69, 9.17) is 23.2 Å². The minimum Gasteiger partial charge on any atom is -0.748 e. The van der Waals surface area contributed by atoms with E-state index < -0.39 is 15.9 Å². The number of rotatable bonds is 4. The summed E-state index contributed by atoms with van der Waals surface area (Å²) in [5.41, 5.74) is 0. The largest absolute Gasteiger partial charge is 1.00 e. The molecule has 0 saturated heterocycles. The Morgan fingerprint density at radius 3 is 2.12 bits per heavy atom. The summed E-state index contributed by atoms with van der Waals surface area (Å²) in [7, 11) is -4.26. The van der Waals surface area contributed by atoms with Gasteiger partial charge in [-0.25, -0.2) is 8.42 Å². The Morgan fingerprint density at radius 1 is 1.19 bits per heavy atom. The Balaban J connectivity index is 0.00000225. The van der Waals surface area contributed by atoms with Crippen molar-refractivity contribution in [3.05, 3.63) is 10.6 Å². The predicted octanol–water partition coefficient (Wildman–Crippen LogP) is -2.86. The summed E-state index contributed by atoms with van der Waals surface area (Å²) >= 11 is 10.9. The molecule has 16 heavy (non-hydrogen) atoms. The Hall–Kier alpha value is 0.300. The number of aromatic nitrogens is 3. The number of nitrogens with zero attached hydrogens (tertiary/aromatic N) is 3. The maximum atomic E-state index is 10.3. The first-order valence-electron chi connectivity index (χ1n) is 3.61. The van der Waals surface area contributed by atoms with Crippen LogP contribution in [0.25, 0.3) is 0 Å². The van der Waals surface area contributed by atoms with Crippen molar-refractivity contribution >= 4 is 39.3 Å². The number of hydrogen-bond donors (Lipinski definition) is 1. The fraction of sp³-hybridized carbons (Fsp3) is 0.400. The molecule has 0 radical (unpaired) electrons. The third-order valence-corrected chi connectivity index (χ3v) is 2.26. The molecule has 1 aromatic heterocycles. The van der Waals surface area contributed by atoms with E-state index in [1.807, 2.05) is 0 Å². The molecule has 0 saturated carbocycles. The van der Waals surface area contributed by atoms with Crippen molar-refractivity contribution < 1.29 is 42.5 Å². The fourth-order valence-electron chi connectivity index (χ4n) is 0.693. The van der Waals surface area contributed by atoms with Crippen LogP contribution in [0.1, 0.15) is 0 Å². The molecule has 0 aliphatic carbocycles. The topological polar surface area (TPSA) is 108 Å². The second-order valence-corrected chi connectivity index (χ2v) is 4.59. The summed E-state index contributed by atoms with van der Waals surface area (Å²) < 4.78 is 30.8. The van der Waals surface area contributed by atoms with Gasteiger partial charge in [0.25, 0.3) is 0 Å². The van der Waals surface area contributed by atoms with Gasteiger partial charge in [0.15, 0.2) is 0 Å². The van der Waals surface area contributed by atoms with Gasteiger partial charge >= 0.3 is 29.6 Å². The van der Waals surface area contributed by atoms with Gasteiger partial charge in [0, 0.05) is 6.54 Å². The average Bonchev–Trinajstić information content (AvgIpc) is 1.99. The van der Waals surface area contributed by atoms with E-state index in [1.165, 1.54) is 0 Å². The molecule has 1 aromatic rings. The molecule has 0 aliphatic heterocycles. The summed E-state index contributed by atoms with van der Waals surface area (Å²) in [4.78, 5) is 10.7. The van der Waals surface area contributed by atoms with Crippen LogP contribution in [-0.2, 0) is 10.1 Å². The maximum absolute atomic E-state index is 10.3. The van der Waals surface area contributed by atoms with Gasteiger partial charge in [-0.1, -0.05) is 0 Å². The SMILES string of the molecule is O=S(=O)([O-])CCNc1nc(Cl)nc(Cl)n1.[Na+]. The van der Waals surface area contributed by atoms with Crippen molar-refractivity contribution in [2.45, 2.75) is 0 Å². The molecule has 1 N–H and O–H groups in total. The van der Waals surface area contributed by atoms with Crippen LogP contribution in [0, 0.1) is 0 Å². The maximum Gasteiger partial charge on any atom is 1.00 e. The molecule has 0 spiro atoms. The van der Waals surface area contributed by atoms with E-state index in [1.54, 1.807) is 0 Å². The molecule has 11 heteroatoms. The molecule has 0 aromatic carbocycles. The van der Waals surface area contributed by atoms with Crippen molar-refractivity contribution in [3.63, 3.8) is 0 Å². The van der Waals surface area contributed by atoms with Crippen molar-refractivity contribution in [3.8, 4) is 0 Å². The molecular formula is C5H5Cl2N4NaO3S. The minimum atomic E-state index is -4.26. The van der Waals surface area contributed by atoms with Crippen LogP contribution in [0.3, 0.4) is 0 Å². The van der Waals surface area contributed by atoms with Gasteiger partial charge in [0.05, 0.1) is 15.9 Å². The van der Waals surface area contributed by atoms with Gasteiger partial charge in [-0.3, -0.25) is 0 Å². The van der Waals surface area contributed by atoms with Gasteiger partial charge < -0.3 is 9.87 Å². The van der Waals surface area contributed by atoms with Crippen LogP contribution >= 0.6 is 23.2 Å². The van der Waals surface area contributed by atoms with Gasteiger partial charge in [-0.05, 0) is 23.2 Å². The van der Waals surface area contributed by atoms with Crippen LogP contribution in [0.4, 0.5) is 5.95 Å². The Morgan fingerprint density at radius 2 is 1.69 bits per heavy atom. The standard InChI is InChI=1S/C5H6Cl2N4O3S.Na/c6-3-9-4(7)11-5(10-3)8-1-2-15(12,13)14;/h1-2H2,(H,12,13,14)(H,8,9,10,11);/q;+1/p-1. The van der Waals surface area contributed by atoms with E-state index >= 15 is 0 Å². The first-order valence-corrected chi connectivity index (χ1v) is 5.95. The number of hydrogen-bond acceptors (Lipinski definition) is 7. The molecule has 0 atom stereocenters. The van der Waals surface area contributed by atoms with Gasteiger partial charge in [-0.15, -0.1) is 0 Å². The normalized spacial score (nSPS) is 10.7. The van der Waals surface area contributed by atoms with Crippen molar-refractivity contribution in [2.24, 2.45) is 0 Å². The minimum absolute atomic E-state index is 0. The molecule has 0 amide bonds. The molecule has 84 valence electrons. The molecular weight excluding hydrogens is 290 g/mol. The average molecular weight is 295 g/mol. The zero-order valence-corrected chi connectivity index (χ0v) is 12.5. The Labute approximate surface area is 124 Å². The van der Waals surface area contributed by atoms with Gasteiger partial charge in [-0.2, -0.15) is 15.0 Å². The first-order chi connectivity index (χ1) is 6.87. The first kappa shape index (κ1) is 16.3. The number of halogens is 2. The molecule has 0 fully saturated rings. The molecule has 0 aliphatic rings. The van der Waals surface area contributed by atoms with E-state index in [9.17, 15) is 13.0 Å². The van der Waals surface area contributed by atoms with Crippen molar-refractivity contribution in [1.29, 1.82) is 0 Å². The van der Waals surface area contributed by atoms with Gasteiger partial charge in [0.1, 0.15) is 0 Å². The van der Waals surface area contributed by atoms with Crippen LogP contribution < -0.4 is 34.9 Å². The molecule has 1 rings (SSSR count). The number of nitrogens with one attached hydrogen (secondary N) is 1. The fourth-order valence-corrected chi connectivity index (χ4v) is 1.41. The van der Waals surface area contributed by atoms with Crippen molar-refractivity contribution in [1.82, 2.24) is 15.0 Å². The van der Waals surface area contributed by atoms with Crippen LogP contribution in [0.5, 0.6) is 0 Å². The van der Waals surface area contributed by atoms with Crippen LogP contribution in [0.15, 0.2) is 0 Å². The second-order valence-electron chi connectivity index (χ2n) is 2.39. The smallest absolute Gasteiger partial charge is 0.748 e. The van der Waals surface area contributed by atoms with E-state index in [0.717, 1.165) is 0 Å². The van der Waals surface area contributed by atoms with Crippen LogP contribution in [0.2, 0.25) is 10.6 Å². The zero-order chi connectivity index (χ0) is 11.5. The zero-order valence-electron chi connectivity index (χ0n) is 8.14. The molecule has 7 nitrogen and oxygen atoms in total. The molecule has 0 bridgehead atoms. The van der Waals surface area contributed by atoms with Crippen molar-refractivity contribution in [2.75, 3.05) is 17.6 Å². The summed E-state index contributed by atoms with van der Waals surface area (Å²) in [5.74, 6) is -0.558. The monoisotopic (exact) mass is 294 g/mol. The summed E-state index contributed by atoms with van der Waals surface area (Å²) in [5, 5.41) is 2.23. The summed E-state index contributed by atoms with van der Waals surface area (Å²) in [6, 6.07) is 0. The van der Waals surface area contributed by atoms with E-state index in [2.05, 4.69) is 20.3 Å². The second kappa shape index (κ2) is 6.90. The Kier molecular flexibility index (Phi) is 7.03. The van der Waals surface area contributed by atoms with Gasteiger partial charge in [0.2, 0.25) is 16.5 Å². The quantitative estimate of drug-likeness (QED) is 0.470. The third kappa shape index (κ3) is 6.79. The predicted molar refractivity (Wildman–Crippen MR) is 52.9 cm³/mol. The van der Waals surface area contributed by atoms with E-state index in [-0.39, 0.29) is 52.6 Å². The molecule has 1 heterocycles. The third-order valence-electron chi connectivity index (χ3n) is 1.22. The molecule has 0 unspecified atom stereocenters. The Bertz CT molecular complexity index is 437. The summed E-state index contributed by atoms with van der Waals surface area (Å²) in [6.07, 6.45) is 0.